The number of rotatable bonds is 10. The minimum absolute atomic E-state index is 0.175. The number of ether oxygens (including phenoxy) is 2. The van der Waals surface area contributed by atoms with E-state index >= 15 is 0 Å². The van der Waals surface area contributed by atoms with Gasteiger partial charge in [0.25, 0.3) is 0 Å². The topological polar surface area (TPSA) is 139 Å². The Bertz CT molecular complexity index is 1030. The van der Waals surface area contributed by atoms with Crippen molar-refractivity contribution in [3.05, 3.63) is 59.7 Å². The normalized spacial score (nSPS) is 11.4. The lowest BCUT2D eigenvalue weighted by molar-refractivity contribution is 0.0516. The summed E-state index contributed by atoms with van der Waals surface area (Å²) in [7, 11) is -9.18. The lowest BCUT2D eigenvalue weighted by Gasteiger charge is -2.10. The van der Waals surface area contributed by atoms with Crippen molar-refractivity contribution in [1.82, 2.24) is 0 Å². The molecule has 0 saturated carbocycles. The number of carbonyl (C=O) groups excluding carboxylic acids is 2. The average molecular weight is 472 g/mol. The Kier molecular flexibility index (Phi) is 8.00. The number of hydrogen-bond donors (Lipinski definition) is 0. The molecule has 0 bridgehead atoms. The van der Waals surface area contributed by atoms with Crippen LogP contribution in [0.2, 0.25) is 0 Å². The third-order valence-electron chi connectivity index (χ3n) is 3.47. The molecule has 0 N–H and O–H groups in total. The molecule has 0 unspecified atom stereocenters. The molecule has 0 heterocycles. The van der Waals surface area contributed by atoms with Gasteiger partial charge in [0.2, 0.25) is 5.08 Å². The molecule has 2 aromatic rings. The molecule has 0 aliphatic carbocycles. The van der Waals surface area contributed by atoms with Gasteiger partial charge in [-0.15, -0.1) is 0 Å². The highest BCUT2D eigenvalue weighted by atomic mass is 32.3. The van der Waals surface area contributed by atoms with Crippen molar-refractivity contribution < 1.29 is 44.3 Å². The lowest BCUT2D eigenvalue weighted by atomic mass is 10.2. The van der Waals surface area contributed by atoms with Gasteiger partial charge in [-0.3, -0.25) is 0 Å². The van der Waals surface area contributed by atoms with Gasteiger partial charge in [-0.2, -0.15) is 16.8 Å². The fourth-order valence-electron chi connectivity index (χ4n) is 2.24. The van der Waals surface area contributed by atoms with E-state index in [0.29, 0.717) is 0 Å². The Morgan fingerprint density at radius 2 is 0.968 bits per heavy atom. The summed E-state index contributed by atoms with van der Waals surface area (Å²) in [6.45, 7) is 3.63. The van der Waals surface area contributed by atoms with Crippen LogP contribution in [0.4, 0.5) is 0 Å². The van der Waals surface area contributed by atoms with Crippen LogP contribution in [0, 0.1) is 0 Å². The van der Waals surface area contributed by atoms with E-state index in [1.54, 1.807) is 13.8 Å². The highest BCUT2D eigenvalue weighted by molar-refractivity contribution is 8.04. The van der Waals surface area contributed by atoms with E-state index in [-0.39, 0.29) is 35.8 Å². The van der Waals surface area contributed by atoms with Gasteiger partial charge < -0.3 is 17.8 Å². The van der Waals surface area contributed by atoms with Gasteiger partial charge >= 0.3 is 32.2 Å². The molecule has 0 aliphatic heterocycles. The molecule has 0 saturated heterocycles. The van der Waals surface area contributed by atoms with Crippen LogP contribution in [0.5, 0.6) is 11.5 Å². The molecule has 31 heavy (non-hydrogen) atoms. The first kappa shape index (κ1) is 24.2. The summed E-state index contributed by atoms with van der Waals surface area (Å²) in [6, 6.07) is 9.85. The fourth-order valence-corrected chi connectivity index (χ4v) is 4.85. The molecule has 0 fully saturated rings. The summed E-state index contributed by atoms with van der Waals surface area (Å²) in [5.74, 6) is -1.58. The van der Waals surface area contributed by atoms with Crippen molar-refractivity contribution in [3.8, 4) is 11.5 Å². The highest BCUT2D eigenvalue weighted by Gasteiger charge is 2.26. The number of carbonyl (C=O) groups is 2. The Labute approximate surface area is 179 Å². The van der Waals surface area contributed by atoms with Gasteiger partial charge in [-0.05, 0) is 62.4 Å². The smallest absolute Gasteiger partial charge is 0.338 e. The molecule has 0 radical (unpaired) electrons. The van der Waals surface area contributed by atoms with E-state index in [4.69, 9.17) is 17.8 Å². The van der Waals surface area contributed by atoms with Crippen molar-refractivity contribution in [3.63, 3.8) is 0 Å². The summed E-state index contributed by atoms with van der Waals surface area (Å²) in [5, 5.41) is -1.46. The quantitative estimate of drug-likeness (QED) is 0.373. The zero-order valence-electron chi connectivity index (χ0n) is 16.6. The zero-order chi connectivity index (χ0) is 23.1. The van der Waals surface area contributed by atoms with Crippen LogP contribution in [0.25, 0.3) is 0 Å². The minimum atomic E-state index is -4.59. The average Bonchev–Trinajstić information content (AvgIpc) is 2.68. The number of hydrogen-bond acceptors (Lipinski definition) is 10. The molecule has 2 rings (SSSR count). The molecule has 2 aromatic carbocycles. The van der Waals surface area contributed by atoms with Crippen LogP contribution in [-0.2, 0) is 29.7 Å². The van der Waals surface area contributed by atoms with Crippen LogP contribution < -0.4 is 8.37 Å². The first-order valence-electron chi connectivity index (χ1n) is 8.94. The largest absolute Gasteiger partial charge is 0.462 e. The first-order valence-corrected chi connectivity index (χ1v) is 12.1. The van der Waals surface area contributed by atoms with E-state index in [0.717, 1.165) is 0 Å². The van der Waals surface area contributed by atoms with E-state index in [2.05, 4.69) is 0 Å². The molecular weight excluding hydrogens is 452 g/mol. The summed E-state index contributed by atoms with van der Waals surface area (Å²) >= 11 is 0. The Balaban J connectivity index is 2.03. The maximum absolute atomic E-state index is 12.1. The molecular formula is C19H20O10S2. The van der Waals surface area contributed by atoms with Crippen LogP contribution in [0.15, 0.2) is 48.5 Å². The maximum atomic E-state index is 12.1. The monoisotopic (exact) mass is 472 g/mol. The Hall–Kier alpha value is -3.12. The SMILES string of the molecule is CCOC(=O)c1ccc(OS(=O)(=O)CS(=O)(=O)Oc2ccc(C(=O)OCC)cc2)cc1. The lowest BCUT2D eigenvalue weighted by Crippen LogP contribution is -2.24. The van der Waals surface area contributed by atoms with Crippen molar-refractivity contribution in [1.29, 1.82) is 0 Å². The van der Waals surface area contributed by atoms with Crippen molar-refractivity contribution >= 4 is 32.2 Å². The molecule has 168 valence electrons. The van der Waals surface area contributed by atoms with Gasteiger partial charge in [-0.25, -0.2) is 9.59 Å². The summed E-state index contributed by atoms with van der Waals surface area (Å²) < 4.78 is 67.5. The van der Waals surface area contributed by atoms with Crippen molar-refractivity contribution in [2.75, 3.05) is 18.3 Å². The maximum Gasteiger partial charge on any atom is 0.338 e. The third kappa shape index (κ3) is 7.57. The predicted octanol–water partition coefficient (Wildman–Crippen LogP) is 2.11. The summed E-state index contributed by atoms with van der Waals surface area (Å²) in [4.78, 5) is 23.2. The molecule has 0 spiro atoms. The molecule has 10 nitrogen and oxygen atoms in total. The standard InChI is InChI=1S/C19H20O10S2/c1-3-26-18(20)14-5-9-16(10-6-14)28-30(22,23)13-31(24,25)29-17-11-7-15(8-12-17)19(21)27-4-2/h5-12H,3-4,13H2,1-2H3. The second-order valence-corrected chi connectivity index (χ2v) is 9.40. The van der Waals surface area contributed by atoms with E-state index in [9.17, 15) is 26.4 Å². The Morgan fingerprint density at radius 3 is 1.26 bits per heavy atom. The van der Waals surface area contributed by atoms with Gasteiger partial charge in [0, 0.05) is 0 Å². The zero-order valence-corrected chi connectivity index (χ0v) is 18.3. The van der Waals surface area contributed by atoms with Gasteiger partial charge in [0.1, 0.15) is 11.5 Å². The summed E-state index contributed by atoms with van der Waals surface area (Å²) in [6.07, 6.45) is 0. The predicted molar refractivity (Wildman–Crippen MR) is 109 cm³/mol. The third-order valence-corrected chi connectivity index (χ3v) is 6.67. The van der Waals surface area contributed by atoms with Crippen LogP contribution in [-0.4, -0.2) is 47.1 Å². The van der Waals surface area contributed by atoms with E-state index in [1.165, 1.54) is 48.5 Å². The van der Waals surface area contributed by atoms with Crippen molar-refractivity contribution in [2.45, 2.75) is 13.8 Å². The van der Waals surface area contributed by atoms with Gasteiger partial charge in [0.05, 0.1) is 24.3 Å². The van der Waals surface area contributed by atoms with Crippen molar-refractivity contribution in [2.24, 2.45) is 0 Å². The van der Waals surface area contributed by atoms with E-state index < -0.39 is 37.3 Å². The number of esters is 2. The fraction of sp³-hybridized carbons (Fsp3) is 0.263. The molecule has 0 aliphatic rings. The first-order chi connectivity index (χ1) is 14.5. The molecule has 12 heteroatoms. The van der Waals surface area contributed by atoms with Gasteiger partial charge in [-0.1, -0.05) is 0 Å². The second-order valence-electron chi connectivity index (χ2n) is 5.89. The molecule has 0 aromatic heterocycles. The van der Waals surface area contributed by atoms with Crippen LogP contribution in [0.3, 0.4) is 0 Å². The van der Waals surface area contributed by atoms with Crippen LogP contribution in [0.1, 0.15) is 34.6 Å². The van der Waals surface area contributed by atoms with Gasteiger partial charge in [0.15, 0.2) is 0 Å². The highest BCUT2D eigenvalue weighted by Crippen LogP contribution is 2.19. The van der Waals surface area contributed by atoms with Crippen LogP contribution >= 0.6 is 0 Å². The second kappa shape index (κ2) is 10.3. The Morgan fingerprint density at radius 1 is 0.645 bits per heavy atom. The molecule has 0 atom stereocenters. The summed E-state index contributed by atoms with van der Waals surface area (Å²) in [5.41, 5.74) is 0.350. The number of benzene rings is 2. The van der Waals surface area contributed by atoms with E-state index in [1.807, 2.05) is 0 Å². The molecule has 0 amide bonds. The minimum Gasteiger partial charge on any atom is -0.462 e.